The van der Waals surface area contributed by atoms with Gasteiger partial charge in [-0.2, -0.15) is 4.98 Å². The van der Waals surface area contributed by atoms with Gasteiger partial charge < -0.3 is 19.5 Å². The van der Waals surface area contributed by atoms with Gasteiger partial charge in [0.05, 0.1) is 18.8 Å². The van der Waals surface area contributed by atoms with Crippen LogP contribution in [0.5, 0.6) is 6.01 Å². The highest BCUT2D eigenvalue weighted by Gasteiger charge is 2.34. The van der Waals surface area contributed by atoms with Gasteiger partial charge in [-0.1, -0.05) is 13.5 Å². The number of nitrogens with zero attached hydrogens (tertiary/aromatic N) is 4. The number of aromatic nitrogens is 3. The molecule has 1 N–H and O–H groups in total. The summed E-state index contributed by atoms with van der Waals surface area (Å²) in [6, 6.07) is 3.96. The number of hydrogen-bond acceptors (Lipinski definition) is 6. The first-order valence-corrected chi connectivity index (χ1v) is 8.85. The molecule has 1 aliphatic rings. The minimum Gasteiger partial charge on any atom is -0.467 e. The molecule has 2 aromatic heterocycles. The fraction of sp³-hybridized carbons (Fsp3) is 0.368. The number of rotatable bonds is 7. The summed E-state index contributed by atoms with van der Waals surface area (Å²) in [5.74, 6) is -0.0848. The molecule has 3 heterocycles. The number of ether oxygens (including phenoxy) is 1. The maximum absolute atomic E-state index is 12.5. The average Bonchev–Trinajstić information content (AvgIpc) is 2.66. The first kappa shape index (κ1) is 18.6. The van der Waals surface area contributed by atoms with E-state index < -0.39 is 0 Å². The molecular formula is C19H23N5O3. The van der Waals surface area contributed by atoms with E-state index in [0.717, 1.165) is 18.5 Å². The third-order valence-electron chi connectivity index (χ3n) is 4.56. The van der Waals surface area contributed by atoms with Gasteiger partial charge in [0.15, 0.2) is 0 Å². The predicted molar refractivity (Wildman–Crippen MR) is 103 cm³/mol. The van der Waals surface area contributed by atoms with Crippen molar-refractivity contribution in [3.8, 4) is 17.3 Å². The van der Waals surface area contributed by atoms with Crippen LogP contribution in [-0.2, 0) is 4.79 Å². The molecule has 0 unspecified atom stereocenters. The highest BCUT2D eigenvalue weighted by molar-refractivity contribution is 5.87. The molecule has 3 rings (SSSR count). The lowest BCUT2D eigenvalue weighted by atomic mass is 10.0. The van der Waals surface area contributed by atoms with Crippen molar-refractivity contribution in [3.05, 3.63) is 47.5 Å². The molecule has 1 amide bonds. The summed E-state index contributed by atoms with van der Waals surface area (Å²) in [6.07, 6.45) is 5.44. The third kappa shape index (κ3) is 3.84. The van der Waals surface area contributed by atoms with Gasteiger partial charge in [0.25, 0.3) is 5.56 Å². The van der Waals surface area contributed by atoms with Gasteiger partial charge in [-0.05, 0) is 24.6 Å². The number of nitrogens with one attached hydrogen (secondary N) is 1. The van der Waals surface area contributed by atoms with Crippen molar-refractivity contribution in [2.45, 2.75) is 19.4 Å². The molecule has 0 bridgehead atoms. The Kier molecular flexibility index (Phi) is 5.54. The van der Waals surface area contributed by atoms with Gasteiger partial charge in [0, 0.05) is 37.6 Å². The molecule has 0 aromatic carbocycles. The number of hydrogen-bond donors (Lipinski definition) is 1. The van der Waals surface area contributed by atoms with Crippen molar-refractivity contribution >= 4 is 11.6 Å². The van der Waals surface area contributed by atoms with Crippen LogP contribution in [-0.4, -0.2) is 58.5 Å². The van der Waals surface area contributed by atoms with Gasteiger partial charge in [0.1, 0.15) is 5.69 Å². The Morgan fingerprint density at radius 1 is 1.52 bits per heavy atom. The van der Waals surface area contributed by atoms with E-state index in [1.807, 2.05) is 6.07 Å². The summed E-state index contributed by atoms with van der Waals surface area (Å²) >= 11 is 0. The zero-order valence-electron chi connectivity index (χ0n) is 15.5. The lowest BCUT2D eigenvalue weighted by Gasteiger charge is -2.45. The maximum atomic E-state index is 12.5. The fourth-order valence-electron chi connectivity index (χ4n) is 3.14. The van der Waals surface area contributed by atoms with Crippen LogP contribution in [0.1, 0.15) is 13.3 Å². The summed E-state index contributed by atoms with van der Waals surface area (Å²) in [6.45, 7) is 7.46. The van der Waals surface area contributed by atoms with Gasteiger partial charge in [-0.25, -0.2) is 4.98 Å². The Morgan fingerprint density at radius 2 is 2.30 bits per heavy atom. The Bertz CT molecular complexity index is 889. The fourth-order valence-corrected chi connectivity index (χ4v) is 3.14. The second kappa shape index (κ2) is 8.03. The van der Waals surface area contributed by atoms with E-state index in [-0.39, 0.29) is 23.5 Å². The number of aromatic amines is 1. The molecule has 8 nitrogen and oxygen atoms in total. The molecule has 8 heteroatoms. The van der Waals surface area contributed by atoms with Gasteiger partial charge in [-0.15, -0.1) is 0 Å². The van der Waals surface area contributed by atoms with Crippen molar-refractivity contribution < 1.29 is 9.53 Å². The average molecular weight is 369 g/mol. The standard InChI is InChI=1S/C19H23N5O3/c1-4-8-24(14-11-23(12-14)17(25)5-2)16-9-13(10-21-18(16)26)15-6-7-20-19(22-15)27-3/h5-7,9-10,14H,2,4,8,11-12H2,1,3H3,(H,21,26). The first-order chi connectivity index (χ1) is 13.1. The predicted octanol–water partition coefficient (Wildman–Crippen LogP) is 1.45. The monoisotopic (exact) mass is 369 g/mol. The summed E-state index contributed by atoms with van der Waals surface area (Å²) < 4.78 is 5.08. The summed E-state index contributed by atoms with van der Waals surface area (Å²) in [5.41, 5.74) is 1.84. The number of anilines is 1. The topological polar surface area (TPSA) is 91.4 Å². The molecule has 1 fully saturated rings. The van der Waals surface area contributed by atoms with Gasteiger partial charge in [0.2, 0.25) is 5.91 Å². The van der Waals surface area contributed by atoms with Crippen molar-refractivity contribution in [3.63, 3.8) is 0 Å². The molecule has 0 saturated carbocycles. The minimum absolute atomic E-state index is 0.0848. The van der Waals surface area contributed by atoms with Crippen molar-refractivity contribution in [1.82, 2.24) is 19.9 Å². The Morgan fingerprint density at radius 3 is 2.96 bits per heavy atom. The number of carbonyl (C=O) groups excluding carboxylic acids is 1. The molecule has 0 aliphatic carbocycles. The lowest BCUT2D eigenvalue weighted by molar-refractivity contribution is -0.130. The number of pyridine rings is 1. The van der Waals surface area contributed by atoms with Crippen molar-refractivity contribution in [2.24, 2.45) is 0 Å². The molecule has 27 heavy (non-hydrogen) atoms. The van der Waals surface area contributed by atoms with E-state index >= 15 is 0 Å². The number of carbonyl (C=O) groups is 1. The molecule has 0 radical (unpaired) electrons. The van der Waals surface area contributed by atoms with Gasteiger partial charge in [-0.3, -0.25) is 9.59 Å². The number of methoxy groups -OCH3 is 1. The quantitative estimate of drug-likeness (QED) is 0.743. The van der Waals surface area contributed by atoms with Crippen LogP contribution in [0.4, 0.5) is 5.69 Å². The van der Waals surface area contributed by atoms with Crippen molar-refractivity contribution in [2.75, 3.05) is 31.6 Å². The van der Waals surface area contributed by atoms with Crippen LogP contribution in [0.15, 0.2) is 42.0 Å². The zero-order valence-corrected chi connectivity index (χ0v) is 15.5. The van der Waals surface area contributed by atoms with E-state index in [0.29, 0.717) is 24.5 Å². The van der Waals surface area contributed by atoms with Gasteiger partial charge >= 0.3 is 6.01 Å². The SMILES string of the molecule is C=CC(=O)N1CC(N(CCC)c2cc(-c3ccnc(OC)n3)c[nH]c2=O)C1. The number of amides is 1. The van der Waals surface area contributed by atoms with E-state index in [9.17, 15) is 9.59 Å². The molecular weight excluding hydrogens is 346 g/mol. The molecule has 2 aromatic rings. The Hall–Kier alpha value is -3.16. The largest absolute Gasteiger partial charge is 0.467 e. The molecule has 0 atom stereocenters. The molecule has 1 saturated heterocycles. The Balaban J connectivity index is 1.90. The second-order valence-electron chi connectivity index (χ2n) is 6.33. The van der Waals surface area contributed by atoms with Crippen LogP contribution in [0.3, 0.4) is 0 Å². The van der Waals surface area contributed by atoms with E-state index in [1.54, 1.807) is 23.4 Å². The summed E-state index contributed by atoms with van der Waals surface area (Å²) in [5, 5.41) is 0. The van der Waals surface area contributed by atoms with Crippen LogP contribution in [0, 0.1) is 0 Å². The molecule has 0 spiro atoms. The first-order valence-electron chi connectivity index (χ1n) is 8.85. The summed E-state index contributed by atoms with van der Waals surface area (Å²) in [4.78, 5) is 39.1. The second-order valence-corrected chi connectivity index (χ2v) is 6.33. The van der Waals surface area contributed by atoms with E-state index in [4.69, 9.17) is 4.74 Å². The van der Waals surface area contributed by atoms with Crippen LogP contribution in [0.25, 0.3) is 11.3 Å². The van der Waals surface area contributed by atoms with Crippen LogP contribution >= 0.6 is 0 Å². The highest BCUT2D eigenvalue weighted by atomic mass is 16.5. The van der Waals surface area contributed by atoms with E-state index in [2.05, 4.69) is 33.4 Å². The van der Waals surface area contributed by atoms with Crippen LogP contribution in [0.2, 0.25) is 0 Å². The zero-order chi connectivity index (χ0) is 19.4. The maximum Gasteiger partial charge on any atom is 0.316 e. The third-order valence-corrected chi connectivity index (χ3v) is 4.56. The normalized spacial score (nSPS) is 13.8. The minimum atomic E-state index is -0.165. The van der Waals surface area contributed by atoms with E-state index in [1.165, 1.54) is 13.2 Å². The summed E-state index contributed by atoms with van der Waals surface area (Å²) in [7, 11) is 1.51. The molecule has 1 aliphatic heterocycles. The smallest absolute Gasteiger partial charge is 0.316 e. The Labute approximate surface area is 157 Å². The number of likely N-dealkylation sites (tertiary alicyclic amines) is 1. The van der Waals surface area contributed by atoms with Crippen molar-refractivity contribution in [1.29, 1.82) is 0 Å². The lowest BCUT2D eigenvalue weighted by Crippen LogP contribution is -2.61. The highest BCUT2D eigenvalue weighted by Crippen LogP contribution is 2.25. The number of H-pyrrole nitrogens is 1. The van der Waals surface area contributed by atoms with Crippen LogP contribution < -0.4 is 15.2 Å². The molecule has 142 valence electrons.